The fraction of sp³-hybridized carbons (Fsp3) is 0.429. The number of halogens is 1. The summed E-state index contributed by atoms with van der Waals surface area (Å²) in [7, 11) is 1.81. The Morgan fingerprint density at radius 2 is 2.04 bits per heavy atom. The third kappa shape index (κ3) is 4.25. The van der Waals surface area contributed by atoms with Gasteiger partial charge in [-0.1, -0.05) is 6.42 Å². The number of aromatic nitrogens is 3. The van der Waals surface area contributed by atoms with Crippen LogP contribution in [-0.2, 0) is 0 Å². The fourth-order valence-electron chi connectivity index (χ4n) is 3.67. The summed E-state index contributed by atoms with van der Waals surface area (Å²) in [6.45, 7) is 3.98. The number of likely N-dealkylation sites (tertiary alicyclic amines) is 1. The van der Waals surface area contributed by atoms with Gasteiger partial charge in [0.15, 0.2) is 5.65 Å². The Morgan fingerprint density at radius 1 is 1.18 bits per heavy atom. The van der Waals surface area contributed by atoms with E-state index in [1.165, 1.54) is 44.5 Å². The van der Waals surface area contributed by atoms with Gasteiger partial charge in [0.25, 0.3) is 0 Å². The first-order valence-electron chi connectivity index (χ1n) is 9.91. The molecule has 1 N–H and O–H groups in total. The van der Waals surface area contributed by atoms with Crippen LogP contribution in [0.5, 0.6) is 5.75 Å². The Bertz CT molecular complexity index is 936. The molecule has 0 spiro atoms. The molecule has 0 radical (unpaired) electrons. The largest absolute Gasteiger partial charge is 0.493 e. The molecule has 7 heteroatoms. The zero-order chi connectivity index (χ0) is 19.3. The van der Waals surface area contributed by atoms with Crippen LogP contribution in [0.2, 0.25) is 0 Å². The highest BCUT2D eigenvalue weighted by Crippen LogP contribution is 2.28. The molecule has 3 heterocycles. The molecule has 0 unspecified atom stereocenters. The average Bonchev–Trinajstić information content (AvgIpc) is 3.15. The van der Waals surface area contributed by atoms with Crippen LogP contribution in [0.15, 0.2) is 36.7 Å². The number of piperidine rings is 1. The maximum atomic E-state index is 14.2. The summed E-state index contributed by atoms with van der Waals surface area (Å²) in [6, 6.07) is 6.62. The van der Waals surface area contributed by atoms with E-state index in [0.29, 0.717) is 23.6 Å². The Hall–Kier alpha value is -2.67. The lowest BCUT2D eigenvalue weighted by molar-refractivity contribution is 0.205. The highest BCUT2D eigenvalue weighted by molar-refractivity contribution is 5.78. The number of nitrogens with zero attached hydrogens (tertiary/aromatic N) is 4. The van der Waals surface area contributed by atoms with Crippen molar-refractivity contribution < 1.29 is 9.13 Å². The lowest BCUT2D eigenvalue weighted by atomic mass is 10.1. The number of hydrogen-bond donors (Lipinski definition) is 1. The molecule has 0 amide bonds. The molecule has 28 heavy (non-hydrogen) atoms. The minimum absolute atomic E-state index is 0.326. The summed E-state index contributed by atoms with van der Waals surface area (Å²) < 4.78 is 21.7. The zero-order valence-corrected chi connectivity index (χ0v) is 16.2. The van der Waals surface area contributed by atoms with E-state index in [9.17, 15) is 4.39 Å². The summed E-state index contributed by atoms with van der Waals surface area (Å²) in [4.78, 5) is 7.02. The molecule has 0 bridgehead atoms. The first-order chi connectivity index (χ1) is 13.7. The molecule has 1 saturated heterocycles. The van der Waals surface area contributed by atoms with Gasteiger partial charge in [-0.3, -0.25) is 0 Å². The molecule has 0 atom stereocenters. The molecule has 1 aliphatic rings. The molecule has 1 aliphatic heterocycles. The number of hydrogen-bond acceptors (Lipinski definition) is 5. The SMILES string of the molecule is CNc1ccn2ncc(-c3cc(F)cc(OCCCN4CCCCC4)c3)c2n1. The predicted molar refractivity (Wildman–Crippen MR) is 108 cm³/mol. The van der Waals surface area contributed by atoms with Gasteiger partial charge in [-0.15, -0.1) is 0 Å². The van der Waals surface area contributed by atoms with Crippen molar-refractivity contribution in [3.8, 4) is 16.9 Å². The van der Waals surface area contributed by atoms with Crippen LogP contribution in [-0.4, -0.2) is 52.8 Å². The molecule has 0 saturated carbocycles. The van der Waals surface area contributed by atoms with Crippen LogP contribution in [0.3, 0.4) is 0 Å². The van der Waals surface area contributed by atoms with Crippen LogP contribution in [0.1, 0.15) is 25.7 Å². The first-order valence-corrected chi connectivity index (χ1v) is 9.91. The number of anilines is 1. The lowest BCUT2D eigenvalue weighted by Crippen LogP contribution is -2.31. The summed E-state index contributed by atoms with van der Waals surface area (Å²) in [6.07, 6.45) is 8.39. The number of rotatable bonds is 7. The fourth-order valence-corrected chi connectivity index (χ4v) is 3.67. The number of fused-ring (bicyclic) bond motifs is 1. The van der Waals surface area contributed by atoms with Crippen LogP contribution in [0.4, 0.5) is 10.2 Å². The molecular formula is C21H26FN5O. The summed E-state index contributed by atoms with van der Waals surface area (Å²) in [5.41, 5.74) is 2.16. The van der Waals surface area contributed by atoms with Gasteiger partial charge in [0, 0.05) is 31.4 Å². The van der Waals surface area contributed by atoms with Gasteiger partial charge in [-0.05, 0) is 56.1 Å². The van der Waals surface area contributed by atoms with E-state index in [4.69, 9.17) is 4.74 Å². The third-order valence-electron chi connectivity index (χ3n) is 5.14. The Morgan fingerprint density at radius 3 is 2.86 bits per heavy atom. The van der Waals surface area contributed by atoms with Gasteiger partial charge in [-0.25, -0.2) is 13.9 Å². The van der Waals surface area contributed by atoms with Gasteiger partial charge in [0.1, 0.15) is 17.4 Å². The Labute approximate surface area is 164 Å². The van der Waals surface area contributed by atoms with E-state index in [2.05, 4.69) is 20.3 Å². The van der Waals surface area contributed by atoms with E-state index in [1.807, 2.05) is 25.4 Å². The van der Waals surface area contributed by atoms with Crippen LogP contribution < -0.4 is 10.1 Å². The molecule has 1 fully saturated rings. The Balaban J connectivity index is 1.46. The zero-order valence-electron chi connectivity index (χ0n) is 16.2. The average molecular weight is 383 g/mol. The summed E-state index contributed by atoms with van der Waals surface area (Å²) >= 11 is 0. The predicted octanol–water partition coefficient (Wildman–Crippen LogP) is 3.83. The van der Waals surface area contributed by atoms with Crippen LogP contribution in [0.25, 0.3) is 16.8 Å². The maximum Gasteiger partial charge on any atom is 0.165 e. The van der Waals surface area contributed by atoms with Crippen molar-refractivity contribution in [2.75, 3.05) is 38.6 Å². The molecule has 6 nitrogen and oxygen atoms in total. The van der Waals surface area contributed by atoms with Gasteiger partial charge < -0.3 is 15.0 Å². The molecular weight excluding hydrogens is 357 g/mol. The van der Waals surface area contributed by atoms with E-state index >= 15 is 0 Å². The van der Waals surface area contributed by atoms with Crippen molar-refractivity contribution in [2.45, 2.75) is 25.7 Å². The smallest absolute Gasteiger partial charge is 0.165 e. The van der Waals surface area contributed by atoms with Crippen LogP contribution >= 0.6 is 0 Å². The molecule has 148 valence electrons. The lowest BCUT2D eigenvalue weighted by Gasteiger charge is -2.26. The number of ether oxygens (including phenoxy) is 1. The van der Waals surface area contributed by atoms with Crippen LogP contribution in [0, 0.1) is 5.82 Å². The monoisotopic (exact) mass is 383 g/mol. The molecule has 3 aromatic rings. The Kier molecular flexibility index (Phi) is 5.71. The second kappa shape index (κ2) is 8.56. The maximum absolute atomic E-state index is 14.2. The van der Waals surface area contributed by atoms with E-state index < -0.39 is 0 Å². The highest BCUT2D eigenvalue weighted by atomic mass is 19.1. The third-order valence-corrected chi connectivity index (χ3v) is 5.14. The second-order valence-electron chi connectivity index (χ2n) is 7.17. The van der Waals surface area contributed by atoms with Crippen molar-refractivity contribution in [1.82, 2.24) is 19.5 Å². The van der Waals surface area contributed by atoms with E-state index in [1.54, 1.807) is 10.7 Å². The van der Waals surface area contributed by atoms with Gasteiger partial charge in [0.05, 0.1) is 12.8 Å². The normalized spacial score (nSPS) is 15.1. The summed E-state index contributed by atoms with van der Waals surface area (Å²) in [5.74, 6) is 0.949. The minimum Gasteiger partial charge on any atom is -0.493 e. The number of nitrogens with one attached hydrogen (secondary N) is 1. The topological polar surface area (TPSA) is 54.7 Å². The van der Waals surface area contributed by atoms with Gasteiger partial charge in [0.2, 0.25) is 0 Å². The van der Waals surface area contributed by atoms with Gasteiger partial charge >= 0.3 is 0 Å². The van der Waals surface area contributed by atoms with Crippen molar-refractivity contribution in [3.05, 3.63) is 42.5 Å². The molecule has 4 rings (SSSR count). The van der Waals surface area contributed by atoms with Gasteiger partial charge in [-0.2, -0.15) is 5.10 Å². The van der Waals surface area contributed by atoms with Crippen molar-refractivity contribution in [2.24, 2.45) is 0 Å². The minimum atomic E-state index is -0.326. The molecule has 1 aromatic carbocycles. The molecule has 2 aromatic heterocycles. The van der Waals surface area contributed by atoms with E-state index in [0.717, 1.165) is 24.3 Å². The van der Waals surface area contributed by atoms with E-state index in [-0.39, 0.29) is 5.82 Å². The van der Waals surface area contributed by atoms with Crippen molar-refractivity contribution >= 4 is 11.5 Å². The number of benzene rings is 1. The standard InChI is InChI=1S/C21H26FN5O/c1-23-20-6-10-27-21(25-20)19(15-24-27)16-12-17(22)14-18(13-16)28-11-5-9-26-7-3-2-4-8-26/h6,10,12-15H,2-5,7-9,11H2,1H3,(H,23,25). The molecule has 0 aliphatic carbocycles. The quantitative estimate of drug-likeness (QED) is 0.629. The first kappa shape index (κ1) is 18.7. The second-order valence-corrected chi connectivity index (χ2v) is 7.17. The summed E-state index contributed by atoms with van der Waals surface area (Å²) in [5, 5.41) is 7.33. The highest BCUT2D eigenvalue weighted by Gasteiger charge is 2.12. The van der Waals surface area contributed by atoms with Crippen molar-refractivity contribution in [3.63, 3.8) is 0 Å². The van der Waals surface area contributed by atoms with Crippen molar-refractivity contribution in [1.29, 1.82) is 0 Å².